The SMILES string of the molecule is COc1ccc(/C=N\NC(=O)Cc2nc(C)cs2)c(C(=O)[O-])c1OC. The molecule has 1 amide bonds. The third-order valence-corrected chi connectivity index (χ3v) is 4.12. The number of hydrazone groups is 1. The lowest BCUT2D eigenvalue weighted by atomic mass is 10.1. The summed E-state index contributed by atoms with van der Waals surface area (Å²) in [5.41, 5.74) is 3.18. The van der Waals surface area contributed by atoms with Gasteiger partial charge < -0.3 is 19.4 Å². The number of methoxy groups -OCH3 is 2. The van der Waals surface area contributed by atoms with Crippen molar-refractivity contribution >= 4 is 29.4 Å². The number of aromatic carboxylic acids is 1. The van der Waals surface area contributed by atoms with E-state index in [1.165, 1.54) is 43.9 Å². The fourth-order valence-electron chi connectivity index (χ4n) is 2.09. The molecule has 0 aliphatic carbocycles. The van der Waals surface area contributed by atoms with Gasteiger partial charge in [-0.05, 0) is 19.1 Å². The molecule has 1 heterocycles. The molecule has 2 aromatic rings. The van der Waals surface area contributed by atoms with Crippen molar-refractivity contribution in [2.45, 2.75) is 13.3 Å². The van der Waals surface area contributed by atoms with Crippen molar-refractivity contribution in [3.63, 3.8) is 0 Å². The summed E-state index contributed by atoms with van der Waals surface area (Å²) in [5, 5.41) is 17.7. The molecule has 0 radical (unpaired) electrons. The van der Waals surface area contributed by atoms with E-state index in [9.17, 15) is 14.7 Å². The van der Waals surface area contributed by atoms with Crippen molar-refractivity contribution in [2.75, 3.05) is 14.2 Å². The van der Waals surface area contributed by atoms with Gasteiger partial charge in [0.25, 0.3) is 0 Å². The smallest absolute Gasteiger partial charge is 0.246 e. The van der Waals surface area contributed by atoms with Crippen LogP contribution in [0.4, 0.5) is 0 Å². The summed E-state index contributed by atoms with van der Waals surface area (Å²) >= 11 is 1.38. The first-order chi connectivity index (χ1) is 12.0. The van der Waals surface area contributed by atoms with Crippen molar-refractivity contribution in [2.24, 2.45) is 5.10 Å². The molecule has 0 saturated carbocycles. The molecule has 0 unspecified atom stereocenters. The zero-order valence-corrected chi connectivity index (χ0v) is 14.7. The number of rotatable bonds is 7. The van der Waals surface area contributed by atoms with E-state index in [1.54, 1.807) is 0 Å². The van der Waals surface area contributed by atoms with Gasteiger partial charge in [-0.3, -0.25) is 4.79 Å². The zero-order valence-electron chi connectivity index (χ0n) is 13.9. The molecule has 1 N–H and O–H groups in total. The second kappa shape index (κ2) is 8.25. The van der Waals surface area contributed by atoms with E-state index in [2.05, 4.69) is 15.5 Å². The summed E-state index contributed by atoms with van der Waals surface area (Å²) in [4.78, 5) is 27.4. The Morgan fingerprint density at radius 3 is 2.68 bits per heavy atom. The van der Waals surface area contributed by atoms with Crippen LogP contribution in [0.25, 0.3) is 0 Å². The summed E-state index contributed by atoms with van der Waals surface area (Å²) in [7, 11) is 2.72. The van der Waals surface area contributed by atoms with E-state index in [1.807, 2.05) is 12.3 Å². The maximum absolute atomic E-state index is 11.8. The number of carbonyl (C=O) groups excluding carboxylic acids is 2. The Balaban J connectivity index is 2.14. The van der Waals surface area contributed by atoms with Crippen LogP contribution in [0.15, 0.2) is 22.6 Å². The fourth-order valence-corrected chi connectivity index (χ4v) is 2.87. The third-order valence-electron chi connectivity index (χ3n) is 3.15. The van der Waals surface area contributed by atoms with Gasteiger partial charge in [0, 0.05) is 16.6 Å². The van der Waals surface area contributed by atoms with Crippen molar-refractivity contribution in [3.8, 4) is 11.5 Å². The van der Waals surface area contributed by atoms with Crippen LogP contribution in [-0.2, 0) is 11.2 Å². The number of carbonyl (C=O) groups is 2. The van der Waals surface area contributed by atoms with Crippen LogP contribution in [0.2, 0.25) is 0 Å². The maximum Gasteiger partial charge on any atom is 0.246 e. The Labute approximate surface area is 148 Å². The van der Waals surface area contributed by atoms with E-state index < -0.39 is 5.97 Å². The van der Waals surface area contributed by atoms with Crippen molar-refractivity contribution in [3.05, 3.63) is 39.3 Å². The van der Waals surface area contributed by atoms with Gasteiger partial charge in [0.15, 0.2) is 11.5 Å². The fraction of sp³-hybridized carbons (Fsp3) is 0.250. The number of benzene rings is 1. The van der Waals surface area contributed by atoms with E-state index in [0.29, 0.717) is 5.01 Å². The summed E-state index contributed by atoms with van der Waals surface area (Å²) in [6.07, 6.45) is 1.30. The normalized spacial score (nSPS) is 10.7. The monoisotopic (exact) mass is 362 g/mol. The average molecular weight is 362 g/mol. The van der Waals surface area contributed by atoms with E-state index >= 15 is 0 Å². The van der Waals surface area contributed by atoms with Crippen molar-refractivity contribution < 1.29 is 24.2 Å². The number of thiazole rings is 1. The minimum atomic E-state index is -1.44. The number of carboxylic acid groups (broad SMARTS) is 1. The Bertz CT molecular complexity index is 816. The van der Waals surface area contributed by atoms with Gasteiger partial charge in [-0.25, -0.2) is 10.4 Å². The Morgan fingerprint density at radius 1 is 1.36 bits per heavy atom. The third kappa shape index (κ3) is 4.54. The second-order valence-electron chi connectivity index (χ2n) is 4.91. The van der Waals surface area contributed by atoms with Crippen molar-refractivity contribution in [1.29, 1.82) is 0 Å². The molecule has 9 heteroatoms. The molecule has 2 rings (SSSR count). The maximum atomic E-state index is 11.8. The Hall–Kier alpha value is -2.94. The minimum Gasteiger partial charge on any atom is -0.545 e. The molecule has 0 fully saturated rings. The van der Waals surface area contributed by atoms with Crippen molar-refractivity contribution in [1.82, 2.24) is 10.4 Å². The summed E-state index contributed by atoms with van der Waals surface area (Å²) in [6.45, 7) is 1.84. The quantitative estimate of drug-likeness (QED) is 0.568. The van der Waals surface area contributed by atoms with Gasteiger partial charge in [-0.15, -0.1) is 11.3 Å². The van der Waals surface area contributed by atoms with Crippen LogP contribution >= 0.6 is 11.3 Å². The highest BCUT2D eigenvalue weighted by molar-refractivity contribution is 7.09. The van der Waals surface area contributed by atoms with Gasteiger partial charge in [-0.1, -0.05) is 0 Å². The van der Waals surface area contributed by atoms with Crippen LogP contribution in [0.5, 0.6) is 11.5 Å². The number of aromatic nitrogens is 1. The lowest BCUT2D eigenvalue weighted by molar-refractivity contribution is -0.255. The molecule has 0 aliphatic heterocycles. The van der Waals surface area contributed by atoms with E-state index in [0.717, 1.165) is 5.69 Å². The minimum absolute atomic E-state index is 0.0241. The Morgan fingerprint density at radius 2 is 2.12 bits per heavy atom. The lowest BCUT2D eigenvalue weighted by Crippen LogP contribution is -2.25. The molecule has 0 bridgehead atoms. The first-order valence-corrected chi connectivity index (χ1v) is 8.03. The first-order valence-electron chi connectivity index (χ1n) is 7.15. The van der Waals surface area contributed by atoms with Gasteiger partial charge >= 0.3 is 0 Å². The van der Waals surface area contributed by atoms with Gasteiger partial charge in [0.2, 0.25) is 5.91 Å². The summed E-state index contributed by atoms with van der Waals surface area (Å²) < 4.78 is 10.1. The first kappa shape index (κ1) is 18.4. The van der Waals surface area contributed by atoms with Crippen LogP contribution in [0, 0.1) is 6.92 Å². The largest absolute Gasteiger partial charge is 0.545 e. The highest BCUT2D eigenvalue weighted by Crippen LogP contribution is 2.32. The Kier molecular flexibility index (Phi) is 6.07. The number of nitrogens with zero attached hydrogens (tertiary/aromatic N) is 2. The zero-order chi connectivity index (χ0) is 18.4. The molecule has 0 aliphatic rings. The highest BCUT2D eigenvalue weighted by atomic mass is 32.1. The molecule has 0 saturated heterocycles. The van der Waals surface area contributed by atoms with E-state index in [4.69, 9.17) is 9.47 Å². The highest BCUT2D eigenvalue weighted by Gasteiger charge is 2.15. The predicted molar refractivity (Wildman–Crippen MR) is 90.2 cm³/mol. The molecule has 25 heavy (non-hydrogen) atoms. The number of amides is 1. The molecule has 1 aromatic carbocycles. The topological polar surface area (TPSA) is 113 Å². The van der Waals surface area contributed by atoms with Crippen LogP contribution in [0.3, 0.4) is 0 Å². The van der Waals surface area contributed by atoms with Crippen LogP contribution < -0.4 is 20.0 Å². The average Bonchev–Trinajstić information content (AvgIpc) is 2.98. The van der Waals surface area contributed by atoms with Crippen LogP contribution in [-0.4, -0.2) is 37.3 Å². The molecule has 132 valence electrons. The molecular formula is C16H16N3O5S-. The number of aryl methyl sites for hydroxylation is 1. The number of hydrogen-bond acceptors (Lipinski definition) is 8. The molecule has 0 atom stereocenters. The van der Waals surface area contributed by atoms with Gasteiger partial charge in [0.05, 0.1) is 38.4 Å². The number of hydrogen-bond donors (Lipinski definition) is 1. The summed E-state index contributed by atoms with van der Waals surface area (Å²) in [5.74, 6) is -1.53. The molecule has 0 spiro atoms. The van der Waals surface area contributed by atoms with Gasteiger partial charge in [-0.2, -0.15) is 5.10 Å². The molecular weight excluding hydrogens is 346 g/mol. The lowest BCUT2D eigenvalue weighted by Gasteiger charge is -2.15. The van der Waals surface area contributed by atoms with Gasteiger partial charge in [0.1, 0.15) is 5.01 Å². The molecule has 1 aromatic heterocycles. The number of carboxylic acids is 1. The van der Waals surface area contributed by atoms with E-state index in [-0.39, 0.29) is 35.0 Å². The van der Waals surface area contributed by atoms with Crippen LogP contribution in [0.1, 0.15) is 26.6 Å². The second-order valence-corrected chi connectivity index (χ2v) is 5.85. The molecule has 8 nitrogen and oxygen atoms in total. The predicted octanol–water partition coefficient (Wildman–Crippen LogP) is 0.525. The standard InChI is InChI=1S/C16H17N3O5S/c1-9-8-25-13(18-9)6-12(20)19-17-7-10-4-5-11(23-2)15(24-3)14(10)16(21)22/h4-5,7-8H,6H2,1-3H3,(H,19,20)(H,21,22)/p-1/b17-7-. The number of nitrogens with one attached hydrogen (secondary N) is 1. The number of ether oxygens (including phenoxy) is 2. The summed E-state index contributed by atoms with van der Waals surface area (Å²) in [6, 6.07) is 3.01.